The van der Waals surface area contributed by atoms with Crippen LogP contribution in [0.2, 0.25) is 0 Å². The van der Waals surface area contributed by atoms with Crippen LogP contribution in [0.4, 0.5) is 11.4 Å². The largest absolute Gasteiger partial charge is 0.396 e. The number of anilines is 2. The van der Waals surface area contributed by atoms with Crippen molar-refractivity contribution in [2.24, 2.45) is 5.14 Å². The molecule has 6 N–H and O–H groups in total. The topological polar surface area (TPSA) is 144 Å². The summed E-state index contributed by atoms with van der Waals surface area (Å²) in [5.41, 5.74) is 5.35. The van der Waals surface area contributed by atoms with E-state index in [0.717, 1.165) is 6.26 Å². The molecule has 10 heteroatoms. The summed E-state index contributed by atoms with van der Waals surface area (Å²) in [6, 6.07) is 4.38. The number of rotatable bonds is 6. The van der Waals surface area contributed by atoms with Gasteiger partial charge in [-0.25, -0.2) is 26.7 Å². The minimum absolute atomic E-state index is 0.00449. The summed E-state index contributed by atoms with van der Waals surface area (Å²) < 4.78 is 47.7. The van der Waals surface area contributed by atoms with Crippen molar-refractivity contribution in [1.82, 2.24) is 4.72 Å². The molecule has 0 radical (unpaired) electrons. The molecule has 0 heterocycles. The maximum Gasteiger partial charge on any atom is 0.240 e. The SMILES string of the molecule is CC(C)(CNc1cccc(S(N)(=O)=O)c1N)NS(C)(=O)=O. The third kappa shape index (κ3) is 5.50. The van der Waals surface area contributed by atoms with E-state index in [0.29, 0.717) is 5.69 Å². The van der Waals surface area contributed by atoms with Gasteiger partial charge >= 0.3 is 0 Å². The lowest BCUT2D eigenvalue weighted by Crippen LogP contribution is -2.47. The zero-order valence-electron chi connectivity index (χ0n) is 12.0. The van der Waals surface area contributed by atoms with Gasteiger partial charge in [0, 0.05) is 12.1 Å². The third-order valence-electron chi connectivity index (χ3n) is 2.56. The molecule has 0 aromatic heterocycles. The minimum Gasteiger partial charge on any atom is -0.396 e. The van der Waals surface area contributed by atoms with E-state index in [2.05, 4.69) is 10.0 Å². The Kier molecular flexibility index (Phi) is 4.88. The molecule has 0 saturated carbocycles. The van der Waals surface area contributed by atoms with Crippen LogP contribution in [-0.4, -0.2) is 35.2 Å². The highest BCUT2D eigenvalue weighted by molar-refractivity contribution is 7.89. The Morgan fingerprint density at radius 1 is 1.19 bits per heavy atom. The Balaban J connectivity index is 2.96. The molecule has 1 aromatic carbocycles. The molecule has 0 spiro atoms. The molecule has 8 nitrogen and oxygen atoms in total. The van der Waals surface area contributed by atoms with E-state index in [1.807, 2.05) is 0 Å². The number of hydrogen-bond donors (Lipinski definition) is 4. The summed E-state index contributed by atoms with van der Waals surface area (Å²) in [6.07, 6.45) is 1.06. The third-order valence-corrected chi connectivity index (χ3v) is 4.45. The normalized spacial score (nSPS) is 13.1. The van der Waals surface area contributed by atoms with Gasteiger partial charge in [-0.1, -0.05) is 6.07 Å². The second-order valence-corrected chi connectivity index (χ2v) is 8.65. The molecule has 1 aromatic rings. The first-order chi connectivity index (χ1) is 9.32. The second-order valence-electron chi connectivity index (χ2n) is 5.37. The molecular formula is C11H20N4O4S2. The molecule has 0 bridgehead atoms. The van der Waals surface area contributed by atoms with Crippen molar-refractivity contribution >= 4 is 31.4 Å². The van der Waals surface area contributed by atoms with E-state index in [4.69, 9.17) is 10.9 Å². The van der Waals surface area contributed by atoms with Crippen molar-refractivity contribution in [2.45, 2.75) is 24.3 Å². The number of nitrogens with two attached hydrogens (primary N) is 2. The van der Waals surface area contributed by atoms with Crippen molar-refractivity contribution in [2.75, 3.05) is 23.9 Å². The van der Waals surface area contributed by atoms with Gasteiger partial charge in [0.2, 0.25) is 20.0 Å². The smallest absolute Gasteiger partial charge is 0.240 e. The summed E-state index contributed by atoms with van der Waals surface area (Å²) >= 11 is 0. The highest BCUT2D eigenvalue weighted by atomic mass is 32.2. The van der Waals surface area contributed by atoms with Gasteiger partial charge in [-0.3, -0.25) is 0 Å². The number of benzene rings is 1. The van der Waals surface area contributed by atoms with Crippen LogP contribution >= 0.6 is 0 Å². The first-order valence-corrected chi connectivity index (χ1v) is 9.40. The van der Waals surface area contributed by atoms with E-state index in [1.54, 1.807) is 19.9 Å². The molecule has 120 valence electrons. The fraction of sp³-hybridized carbons (Fsp3) is 0.455. The number of para-hydroxylation sites is 1. The summed E-state index contributed by atoms with van der Waals surface area (Å²) in [5.74, 6) is 0. The van der Waals surface area contributed by atoms with Gasteiger partial charge in [0.05, 0.1) is 17.6 Å². The number of sulfonamides is 2. The van der Waals surface area contributed by atoms with Gasteiger partial charge in [-0.05, 0) is 26.0 Å². The fourth-order valence-corrected chi connectivity index (χ4v) is 3.56. The van der Waals surface area contributed by atoms with Crippen molar-refractivity contribution in [3.63, 3.8) is 0 Å². The van der Waals surface area contributed by atoms with Crippen LogP contribution in [0.25, 0.3) is 0 Å². The molecule has 0 aliphatic carbocycles. The molecule has 0 unspecified atom stereocenters. The first-order valence-electron chi connectivity index (χ1n) is 5.96. The molecule has 0 aliphatic rings. The van der Waals surface area contributed by atoms with Crippen LogP contribution in [-0.2, 0) is 20.0 Å². The molecule has 0 amide bonds. The van der Waals surface area contributed by atoms with Gasteiger partial charge in [0.1, 0.15) is 4.90 Å². The van der Waals surface area contributed by atoms with Gasteiger partial charge in [-0.2, -0.15) is 0 Å². The highest BCUT2D eigenvalue weighted by Crippen LogP contribution is 2.26. The average molecular weight is 336 g/mol. The van der Waals surface area contributed by atoms with E-state index in [9.17, 15) is 16.8 Å². The van der Waals surface area contributed by atoms with Crippen molar-refractivity contribution in [3.8, 4) is 0 Å². The fourth-order valence-electron chi connectivity index (χ4n) is 1.80. The predicted octanol–water partition coefficient (Wildman–Crippen LogP) is -0.344. The van der Waals surface area contributed by atoms with Crippen LogP contribution in [0.15, 0.2) is 23.1 Å². The zero-order valence-corrected chi connectivity index (χ0v) is 13.7. The monoisotopic (exact) mass is 336 g/mol. The summed E-state index contributed by atoms with van der Waals surface area (Å²) in [5, 5.41) is 7.98. The van der Waals surface area contributed by atoms with E-state index in [1.165, 1.54) is 12.1 Å². The quantitative estimate of drug-likeness (QED) is 0.523. The lowest BCUT2D eigenvalue weighted by atomic mass is 10.1. The van der Waals surface area contributed by atoms with Gasteiger partial charge < -0.3 is 11.1 Å². The van der Waals surface area contributed by atoms with Crippen molar-refractivity contribution in [3.05, 3.63) is 18.2 Å². The standard InChI is InChI=1S/C11H20N4O4S2/c1-11(2,15-20(3,16)17)7-14-8-5-4-6-9(10(8)12)21(13,18)19/h4-6,14-15H,7,12H2,1-3H3,(H2,13,18,19). The van der Waals surface area contributed by atoms with Crippen LogP contribution in [0, 0.1) is 0 Å². The van der Waals surface area contributed by atoms with Gasteiger partial charge in [0.15, 0.2) is 0 Å². The maximum absolute atomic E-state index is 11.4. The molecule has 0 aliphatic heterocycles. The van der Waals surface area contributed by atoms with E-state index < -0.39 is 25.6 Å². The second kappa shape index (κ2) is 5.79. The van der Waals surface area contributed by atoms with Crippen LogP contribution in [0.1, 0.15) is 13.8 Å². The van der Waals surface area contributed by atoms with E-state index in [-0.39, 0.29) is 17.1 Å². The minimum atomic E-state index is -3.92. The summed E-state index contributed by atoms with van der Waals surface area (Å²) in [6.45, 7) is 3.57. The number of hydrogen-bond acceptors (Lipinski definition) is 6. The van der Waals surface area contributed by atoms with Crippen LogP contribution in [0.5, 0.6) is 0 Å². The Morgan fingerprint density at radius 2 is 1.76 bits per heavy atom. The Labute approximate surface area is 125 Å². The zero-order chi connectivity index (χ0) is 16.5. The van der Waals surface area contributed by atoms with Gasteiger partial charge in [-0.15, -0.1) is 0 Å². The number of nitrogens with one attached hydrogen (secondary N) is 2. The molecule has 0 atom stereocenters. The lowest BCUT2D eigenvalue weighted by molar-refractivity contribution is 0.476. The lowest BCUT2D eigenvalue weighted by Gasteiger charge is -2.26. The highest BCUT2D eigenvalue weighted by Gasteiger charge is 2.23. The Bertz CT molecular complexity index is 727. The molecule has 1 rings (SSSR count). The Morgan fingerprint density at radius 3 is 2.24 bits per heavy atom. The van der Waals surface area contributed by atoms with Gasteiger partial charge in [0.25, 0.3) is 0 Å². The molecule has 0 saturated heterocycles. The first kappa shape index (κ1) is 17.7. The van der Waals surface area contributed by atoms with Crippen molar-refractivity contribution in [1.29, 1.82) is 0 Å². The maximum atomic E-state index is 11.4. The summed E-state index contributed by atoms with van der Waals surface area (Å²) in [4.78, 5) is -0.179. The number of nitrogen functional groups attached to an aromatic ring is 1. The predicted molar refractivity (Wildman–Crippen MR) is 82.8 cm³/mol. The molecule has 0 fully saturated rings. The molecular weight excluding hydrogens is 316 g/mol. The van der Waals surface area contributed by atoms with Crippen LogP contribution < -0.4 is 20.9 Å². The molecule has 21 heavy (non-hydrogen) atoms. The Hall–Kier alpha value is -1.36. The summed E-state index contributed by atoms with van der Waals surface area (Å²) in [7, 11) is -7.28. The van der Waals surface area contributed by atoms with Crippen LogP contribution in [0.3, 0.4) is 0 Å². The van der Waals surface area contributed by atoms with E-state index >= 15 is 0 Å². The number of primary sulfonamides is 1. The average Bonchev–Trinajstić information content (AvgIpc) is 2.22. The van der Waals surface area contributed by atoms with Crippen molar-refractivity contribution < 1.29 is 16.8 Å².